The maximum absolute atomic E-state index is 14.2. The molecule has 1 aromatic carbocycles. The standard InChI is InChI=1S/C15H13FN4O/c16-10-5-2-1-4-9(10)14-13-11(6-3-7-12(13)21)19-15-17-8-18-20(14)15/h1-2,4-5,8,14H,3,6-7H2,(H,17,18,19)/t14-/m1/s1. The second-order valence-electron chi connectivity index (χ2n) is 5.25. The first-order valence-electron chi connectivity index (χ1n) is 6.93. The number of hydrogen-bond acceptors (Lipinski definition) is 4. The van der Waals surface area contributed by atoms with Crippen LogP contribution in [0.3, 0.4) is 0 Å². The van der Waals surface area contributed by atoms with Crippen LogP contribution in [0.15, 0.2) is 41.9 Å². The molecule has 0 saturated heterocycles. The van der Waals surface area contributed by atoms with Gasteiger partial charge in [0.25, 0.3) is 0 Å². The van der Waals surface area contributed by atoms with Crippen LogP contribution in [-0.4, -0.2) is 20.5 Å². The summed E-state index contributed by atoms with van der Waals surface area (Å²) in [7, 11) is 0. The Bertz CT molecular complexity index is 765. The average molecular weight is 284 g/mol. The lowest BCUT2D eigenvalue weighted by atomic mass is 9.85. The van der Waals surface area contributed by atoms with Crippen LogP contribution in [-0.2, 0) is 4.79 Å². The van der Waals surface area contributed by atoms with Gasteiger partial charge in [-0.2, -0.15) is 10.1 Å². The Morgan fingerprint density at radius 2 is 2.14 bits per heavy atom. The fourth-order valence-corrected chi connectivity index (χ4v) is 3.08. The van der Waals surface area contributed by atoms with Crippen molar-refractivity contribution in [3.63, 3.8) is 0 Å². The smallest absolute Gasteiger partial charge is 0.226 e. The predicted octanol–water partition coefficient (Wildman–Crippen LogP) is 2.44. The zero-order chi connectivity index (χ0) is 14.4. The number of ketones is 1. The Hall–Kier alpha value is -2.50. The number of rotatable bonds is 1. The van der Waals surface area contributed by atoms with Crippen molar-refractivity contribution >= 4 is 11.7 Å². The number of hydrogen-bond donors (Lipinski definition) is 1. The highest BCUT2D eigenvalue weighted by Gasteiger charge is 2.37. The first-order valence-corrected chi connectivity index (χ1v) is 6.93. The third-order valence-corrected chi connectivity index (χ3v) is 4.01. The second-order valence-corrected chi connectivity index (χ2v) is 5.25. The lowest BCUT2D eigenvalue weighted by molar-refractivity contribution is -0.116. The maximum atomic E-state index is 14.2. The summed E-state index contributed by atoms with van der Waals surface area (Å²) in [6.07, 6.45) is 3.50. The number of Topliss-reactive ketones (excluding diaryl/α,β-unsaturated/α-hetero) is 1. The highest BCUT2D eigenvalue weighted by molar-refractivity contribution is 5.99. The van der Waals surface area contributed by atoms with Crippen molar-refractivity contribution in [2.24, 2.45) is 0 Å². The van der Waals surface area contributed by atoms with E-state index in [9.17, 15) is 9.18 Å². The van der Waals surface area contributed by atoms with Crippen molar-refractivity contribution in [2.75, 3.05) is 5.32 Å². The molecule has 5 nitrogen and oxygen atoms in total. The van der Waals surface area contributed by atoms with Gasteiger partial charge in [-0.1, -0.05) is 18.2 Å². The molecule has 2 heterocycles. The molecule has 2 aliphatic rings. The number of benzene rings is 1. The first-order chi connectivity index (χ1) is 10.3. The topological polar surface area (TPSA) is 59.8 Å². The summed E-state index contributed by atoms with van der Waals surface area (Å²) >= 11 is 0. The SMILES string of the molecule is O=C1CCCC2=C1[C@@H](c1ccccc1F)n1ncnc1N2. The quantitative estimate of drug-likeness (QED) is 0.873. The van der Waals surface area contributed by atoms with Crippen molar-refractivity contribution in [2.45, 2.75) is 25.3 Å². The highest BCUT2D eigenvalue weighted by atomic mass is 19.1. The van der Waals surface area contributed by atoms with Gasteiger partial charge >= 0.3 is 0 Å². The molecule has 0 fully saturated rings. The van der Waals surface area contributed by atoms with Crippen LogP contribution in [0.1, 0.15) is 30.9 Å². The van der Waals surface area contributed by atoms with E-state index < -0.39 is 6.04 Å². The van der Waals surface area contributed by atoms with Crippen LogP contribution in [0.25, 0.3) is 0 Å². The number of aromatic nitrogens is 3. The Balaban J connectivity index is 1.96. The van der Waals surface area contributed by atoms with E-state index >= 15 is 0 Å². The van der Waals surface area contributed by atoms with E-state index in [2.05, 4.69) is 15.4 Å². The Morgan fingerprint density at radius 1 is 1.29 bits per heavy atom. The number of nitrogens with zero attached hydrogens (tertiary/aromatic N) is 3. The highest BCUT2D eigenvalue weighted by Crippen LogP contribution is 2.40. The van der Waals surface area contributed by atoms with Crippen molar-refractivity contribution in [3.8, 4) is 0 Å². The van der Waals surface area contributed by atoms with Crippen LogP contribution in [0, 0.1) is 5.82 Å². The number of carbonyl (C=O) groups is 1. The van der Waals surface area contributed by atoms with E-state index in [0.29, 0.717) is 23.5 Å². The van der Waals surface area contributed by atoms with Crippen molar-refractivity contribution < 1.29 is 9.18 Å². The summed E-state index contributed by atoms with van der Waals surface area (Å²) in [6, 6.07) is 5.97. The van der Waals surface area contributed by atoms with Gasteiger partial charge in [-0.15, -0.1) is 0 Å². The number of fused-ring (bicyclic) bond motifs is 1. The predicted molar refractivity (Wildman–Crippen MR) is 74.1 cm³/mol. The first kappa shape index (κ1) is 12.3. The molecule has 1 atom stereocenters. The summed E-state index contributed by atoms with van der Waals surface area (Å²) in [4.78, 5) is 16.5. The van der Waals surface area contributed by atoms with Gasteiger partial charge in [-0.25, -0.2) is 9.07 Å². The van der Waals surface area contributed by atoms with E-state index in [0.717, 1.165) is 18.5 Å². The zero-order valence-electron chi connectivity index (χ0n) is 11.2. The van der Waals surface area contributed by atoms with Gasteiger partial charge in [-0.05, 0) is 18.9 Å². The number of nitrogens with one attached hydrogen (secondary N) is 1. The van der Waals surface area contributed by atoms with E-state index in [1.54, 1.807) is 22.9 Å². The molecule has 1 N–H and O–H groups in total. The lowest BCUT2D eigenvalue weighted by Gasteiger charge is -2.32. The Labute approximate surface area is 120 Å². The largest absolute Gasteiger partial charge is 0.328 e. The summed E-state index contributed by atoms with van der Waals surface area (Å²) in [5.74, 6) is 0.269. The normalized spacial score (nSPS) is 20.8. The molecule has 0 unspecified atom stereocenters. The molecule has 1 aliphatic carbocycles. The van der Waals surface area contributed by atoms with Crippen LogP contribution >= 0.6 is 0 Å². The number of allylic oxidation sites excluding steroid dienone is 2. The molecule has 1 aromatic heterocycles. The van der Waals surface area contributed by atoms with Gasteiger partial charge in [0.05, 0.1) is 0 Å². The minimum Gasteiger partial charge on any atom is -0.328 e. The molecule has 1 aliphatic heterocycles. The Kier molecular flexibility index (Phi) is 2.63. The molecule has 0 bridgehead atoms. The number of carbonyl (C=O) groups excluding carboxylic acids is 1. The number of halogens is 1. The minimum atomic E-state index is -0.534. The van der Waals surface area contributed by atoms with E-state index in [1.165, 1.54) is 12.4 Å². The van der Waals surface area contributed by atoms with Crippen LogP contribution in [0.5, 0.6) is 0 Å². The van der Waals surface area contributed by atoms with E-state index in [1.807, 2.05) is 0 Å². The van der Waals surface area contributed by atoms with Crippen LogP contribution in [0.4, 0.5) is 10.3 Å². The van der Waals surface area contributed by atoms with Gasteiger partial charge < -0.3 is 5.32 Å². The summed E-state index contributed by atoms with van der Waals surface area (Å²) in [5, 5.41) is 7.33. The molecular weight excluding hydrogens is 271 g/mol. The van der Waals surface area contributed by atoms with E-state index in [4.69, 9.17) is 0 Å². The van der Waals surface area contributed by atoms with Crippen molar-refractivity contribution in [1.29, 1.82) is 0 Å². The van der Waals surface area contributed by atoms with Gasteiger partial charge in [0, 0.05) is 23.3 Å². The van der Waals surface area contributed by atoms with Crippen molar-refractivity contribution in [1.82, 2.24) is 14.8 Å². The summed E-state index contributed by atoms with van der Waals surface area (Å²) in [6.45, 7) is 0. The van der Waals surface area contributed by atoms with E-state index in [-0.39, 0.29) is 11.6 Å². The molecule has 6 heteroatoms. The summed E-state index contributed by atoms with van der Waals surface area (Å²) in [5.41, 5.74) is 1.91. The van der Waals surface area contributed by atoms with Gasteiger partial charge in [0.2, 0.25) is 5.95 Å². The number of anilines is 1. The van der Waals surface area contributed by atoms with Crippen LogP contribution < -0.4 is 5.32 Å². The molecular formula is C15H13FN4O. The zero-order valence-corrected chi connectivity index (χ0v) is 11.2. The van der Waals surface area contributed by atoms with Crippen molar-refractivity contribution in [3.05, 3.63) is 53.2 Å². The van der Waals surface area contributed by atoms with Crippen LogP contribution in [0.2, 0.25) is 0 Å². The molecule has 4 rings (SSSR count). The van der Waals surface area contributed by atoms with Gasteiger partial charge in [0.1, 0.15) is 18.2 Å². The third-order valence-electron chi connectivity index (χ3n) is 4.01. The maximum Gasteiger partial charge on any atom is 0.226 e. The fourth-order valence-electron chi connectivity index (χ4n) is 3.08. The molecule has 106 valence electrons. The molecule has 0 radical (unpaired) electrons. The monoisotopic (exact) mass is 284 g/mol. The minimum absolute atomic E-state index is 0.0538. The molecule has 0 spiro atoms. The molecule has 0 saturated carbocycles. The summed E-state index contributed by atoms with van der Waals surface area (Å²) < 4.78 is 15.8. The Morgan fingerprint density at radius 3 is 3.00 bits per heavy atom. The van der Waals surface area contributed by atoms with Gasteiger partial charge in [-0.3, -0.25) is 4.79 Å². The fraction of sp³-hybridized carbons (Fsp3) is 0.267. The third kappa shape index (κ3) is 1.79. The molecule has 21 heavy (non-hydrogen) atoms. The molecule has 2 aromatic rings. The molecule has 0 amide bonds. The average Bonchev–Trinajstić information content (AvgIpc) is 2.94. The second kappa shape index (κ2) is 4.51. The lowest BCUT2D eigenvalue weighted by Crippen LogP contribution is -2.32. The van der Waals surface area contributed by atoms with Gasteiger partial charge in [0.15, 0.2) is 5.78 Å².